The van der Waals surface area contributed by atoms with Crippen molar-refractivity contribution in [2.75, 3.05) is 31.1 Å². The van der Waals surface area contributed by atoms with Gasteiger partial charge < -0.3 is 10.2 Å². The Balaban J connectivity index is 0.000000141. The molecule has 2 saturated heterocycles. The highest BCUT2D eigenvalue weighted by atomic mass is 35.5. The summed E-state index contributed by atoms with van der Waals surface area (Å²) in [6.45, 7) is 8.07. The van der Waals surface area contributed by atoms with Gasteiger partial charge >= 0.3 is 0 Å². The maximum Gasteiger partial charge on any atom is 0.129 e. The fourth-order valence-electron chi connectivity index (χ4n) is 6.92. The largest absolute Gasteiger partial charge is 0.355 e. The number of aromatic nitrogens is 6. The zero-order valence-electron chi connectivity index (χ0n) is 31.3. The lowest BCUT2D eigenvalue weighted by Crippen LogP contribution is -2.46. The van der Waals surface area contributed by atoms with Crippen molar-refractivity contribution in [2.45, 2.75) is 25.7 Å². The summed E-state index contributed by atoms with van der Waals surface area (Å²) < 4.78 is 0. The van der Waals surface area contributed by atoms with E-state index in [2.05, 4.69) is 122 Å². The van der Waals surface area contributed by atoms with Gasteiger partial charge in [-0.2, -0.15) is 0 Å². The van der Waals surface area contributed by atoms with Crippen molar-refractivity contribution in [1.82, 2.24) is 35.2 Å². The highest BCUT2D eigenvalue weighted by Gasteiger charge is 2.32. The lowest BCUT2D eigenvalue weighted by atomic mass is 9.92. The number of hydrogen-bond acceptors (Lipinski definition) is 8. The maximum absolute atomic E-state index is 5.71. The molecule has 0 bridgehead atoms. The molecule has 56 heavy (non-hydrogen) atoms. The summed E-state index contributed by atoms with van der Waals surface area (Å²) >= 11 is 5.71. The number of nitrogens with one attached hydrogen (secondary N) is 1. The van der Waals surface area contributed by atoms with Gasteiger partial charge in [0.2, 0.25) is 0 Å². The molecular weight excluding hydrogens is 735 g/mol. The van der Waals surface area contributed by atoms with Gasteiger partial charge in [-0.15, -0.1) is 12.4 Å². The number of benzene rings is 4. The van der Waals surface area contributed by atoms with Crippen LogP contribution in [0.1, 0.15) is 34.4 Å². The number of fused-ring (bicyclic) bond motifs is 2. The minimum Gasteiger partial charge on any atom is -0.355 e. The van der Waals surface area contributed by atoms with E-state index in [1.165, 1.54) is 22.1 Å². The fourth-order valence-corrected chi connectivity index (χ4v) is 7.07. The molecule has 1 N–H and O–H groups in total. The topological polar surface area (TPSA) is 92.6 Å². The Kier molecular flexibility index (Phi) is 12.2. The van der Waals surface area contributed by atoms with E-state index in [1.54, 1.807) is 30.9 Å². The van der Waals surface area contributed by atoms with Gasteiger partial charge in [0, 0.05) is 84.7 Å². The number of anilines is 1. The van der Waals surface area contributed by atoms with Crippen LogP contribution in [0, 0.1) is 13.8 Å². The number of halogens is 2. The number of pyridine rings is 2. The van der Waals surface area contributed by atoms with Gasteiger partial charge in [0.15, 0.2) is 0 Å². The molecule has 0 spiro atoms. The number of hydrogen-bond donors (Lipinski definition) is 1. The van der Waals surface area contributed by atoms with Crippen molar-refractivity contribution >= 4 is 51.6 Å². The normalized spacial score (nSPS) is 13.7. The summed E-state index contributed by atoms with van der Waals surface area (Å²) in [6.07, 6.45) is 7.13. The van der Waals surface area contributed by atoms with Gasteiger partial charge in [0.1, 0.15) is 11.0 Å². The first-order chi connectivity index (χ1) is 27.0. The molecule has 8 aromatic rings. The van der Waals surface area contributed by atoms with Crippen LogP contribution >= 0.6 is 24.0 Å². The fraction of sp³-hybridized carbons (Fsp3) is 0.174. The van der Waals surface area contributed by atoms with Crippen molar-refractivity contribution in [3.8, 4) is 22.5 Å². The smallest absolute Gasteiger partial charge is 0.129 e. The van der Waals surface area contributed by atoms with Crippen molar-refractivity contribution < 1.29 is 0 Å². The first-order valence-electron chi connectivity index (χ1n) is 18.6. The molecule has 0 unspecified atom stereocenters. The Morgan fingerprint density at radius 2 is 1.07 bits per heavy atom. The van der Waals surface area contributed by atoms with Crippen LogP contribution in [-0.4, -0.2) is 56.1 Å². The van der Waals surface area contributed by atoms with E-state index >= 15 is 0 Å². The zero-order valence-corrected chi connectivity index (χ0v) is 32.8. The molecule has 0 radical (unpaired) electrons. The molecule has 0 saturated carbocycles. The number of aryl methyl sites for hydroxylation is 2. The Hall–Kier alpha value is -5.80. The number of para-hydroxylation sites is 2. The van der Waals surface area contributed by atoms with Crippen molar-refractivity contribution in [3.05, 3.63) is 174 Å². The third kappa shape index (κ3) is 8.84. The lowest BCUT2D eigenvalue weighted by Gasteiger charge is -2.40. The van der Waals surface area contributed by atoms with Crippen LogP contribution in [0.2, 0.25) is 5.15 Å². The van der Waals surface area contributed by atoms with Crippen LogP contribution in [0.25, 0.3) is 44.3 Å². The van der Waals surface area contributed by atoms with E-state index in [0.29, 0.717) is 17.0 Å². The minimum absolute atomic E-state index is 0. The van der Waals surface area contributed by atoms with Crippen molar-refractivity contribution in [1.29, 1.82) is 0 Å². The summed E-state index contributed by atoms with van der Waals surface area (Å²) in [6, 6.07) is 41.1. The molecular formula is C46H42Cl2N8. The average Bonchev–Trinajstić information content (AvgIpc) is 3.17. The van der Waals surface area contributed by atoms with Crippen LogP contribution in [0.3, 0.4) is 0 Å². The summed E-state index contributed by atoms with van der Waals surface area (Å²) in [4.78, 5) is 29.6. The van der Waals surface area contributed by atoms with E-state index in [0.717, 1.165) is 76.8 Å². The Bertz CT molecular complexity index is 2570. The first-order valence-corrected chi connectivity index (χ1v) is 18.9. The summed E-state index contributed by atoms with van der Waals surface area (Å²) in [5, 5.41) is 6.12. The molecule has 10 heteroatoms. The summed E-state index contributed by atoms with van der Waals surface area (Å²) in [5.74, 6) is 1.92. The Morgan fingerprint density at radius 3 is 1.62 bits per heavy atom. The predicted molar refractivity (Wildman–Crippen MR) is 231 cm³/mol. The van der Waals surface area contributed by atoms with E-state index < -0.39 is 0 Å². The maximum atomic E-state index is 5.71. The standard InChI is InChI=1S/C23H20N4.C14H15N3.C9H6ClN.ClH/c1-16-5-4-7-18(13-16)22-23(25-12-11-24-22)19-14-27(15-19)21-10-9-17-6-2-3-8-20(17)26-21;1-10-3-2-4-11(7-10)13-14(12-8-15-9-12)17-6-5-16-13;10-9-6-5-7-3-1-2-4-8(7)11-9;/h2-13,19H,14-15H2,1H3;2-7,12,15H,8-9H2,1H3;1-6H;1H. The van der Waals surface area contributed by atoms with Crippen LogP contribution in [-0.2, 0) is 0 Å². The van der Waals surface area contributed by atoms with Crippen molar-refractivity contribution in [2.24, 2.45) is 0 Å². The summed E-state index contributed by atoms with van der Waals surface area (Å²) in [7, 11) is 0. The first kappa shape index (κ1) is 38.5. The van der Waals surface area contributed by atoms with Gasteiger partial charge in [-0.1, -0.05) is 95.5 Å². The van der Waals surface area contributed by atoms with Crippen LogP contribution in [0.15, 0.2) is 146 Å². The third-order valence-corrected chi connectivity index (χ3v) is 10.2. The van der Waals surface area contributed by atoms with Gasteiger partial charge in [-0.05, 0) is 62.4 Å². The molecule has 2 fully saturated rings. The number of nitrogens with zero attached hydrogens (tertiary/aromatic N) is 7. The number of rotatable bonds is 5. The van der Waals surface area contributed by atoms with E-state index in [-0.39, 0.29) is 12.4 Å². The van der Waals surface area contributed by atoms with Crippen molar-refractivity contribution in [3.63, 3.8) is 0 Å². The third-order valence-electron chi connectivity index (χ3n) is 9.94. The lowest BCUT2D eigenvalue weighted by molar-refractivity contribution is 0.439. The van der Waals surface area contributed by atoms with E-state index in [9.17, 15) is 0 Å². The monoisotopic (exact) mass is 776 g/mol. The molecule has 0 aliphatic carbocycles. The average molecular weight is 778 g/mol. The molecule has 0 atom stereocenters. The van der Waals surface area contributed by atoms with Crippen LogP contribution in [0.4, 0.5) is 5.82 Å². The quantitative estimate of drug-likeness (QED) is 0.173. The Labute approximate surface area is 338 Å². The van der Waals surface area contributed by atoms with Gasteiger partial charge in [-0.25, -0.2) is 9.97 Å². The Morgan fingerprint density at radius 1 is 0.554 bits per heavy atom. The highest BCUT2D eigenvalue weighted by molar-refractivity contribution is 6.29. The second-order valence-electron chi connectivity index (χ2n) is 14.0. The molecule has 280 valence electrons. The highest BCUT2D eigenvalue weighted by Crippen LogP contribution is 2.35. The molecule has 0 amide bonds. The van der Waals surface area contributed by atoms with Gasteiger partial charge in [0.05, 0.1) is 33.8 Å². The van der Waals surface area contributed by atoms with Gasteiger partial charge in [-0.3, -0.25) is 19.9 Å². The molecule has 8 nitrogen and oxygen atoms in total. The van der Waals surface area contributed by atoms with Crippen LogP contribution < -0.4 is 10.2 Å². The molecule has 6 heterocycles. The zero-order chi connectivity index (χ0) is 37.6. The molecule has 2 aliphatic rings. The van der Waals surface area contributed by atoms with E-state index in [4.69, 9.17) is 16.6 Å². The minimum atomic E-state index is 0. The summed E-state index contributed by atoms with van der Waals surface area (Å²) in [5.41, 5.74) is 11.0. The molecule has 4 aromatic heterocycles. The van der Waals surface area contributed by atoms with Gasteiger partial charge in [0.25, 0.3) is 0 Å². The molecule has 2 aliphatic heterocycles. The predicted octanol–water partition coefficient (Wildman–Crippen LogP) is 10.1. The second-order valence-corrected chi connectivity index (χ2v) is 14.4. The molecule has 4 aromatic carbocycles. The molecule has 10 rings (SSSR count). The SMILES string of the molecule is Cc1cccc(-c2nccnc2C2CN(c3ccc4ccccc4n3)C2)c1.Cc1cccc(-c2nccnc2C2CNC2)c1.Cl.Clc1ccc2ccccc2n1. The van der Waals surface area contributed by atoms with E-state index in [1.807, 2.05) is 42.5 Å². The second kappa shape index (κ2) is 17.8. The van der Waals surface area contributed by atoms with Crippen LogP contribution in [0.5, 0.6) is 0 Å².